The second-order valence-electron chi connectivity index (χ2n) is 5.78. The van der Waals surface area contributed by atoms with E-state index in [-0.39, 0.29) is 17.3 Å². The molecular weight excluding hydrogens is 350 g/mol. The molecule has 0 aliphatic heterocycles. The molecule has 25 heavy (non-hydrogen) atoms. The number of alkyl halides is 2. The molecule has 0 unspecified atom stereocenters. The Morgan fingerprint density at radius 2 is 1.96 bits per heavy atom. The highest BCUT2D eigenvalue weighted by molar-refractivity contribution is 7.89. The number of benzene rings is 1. The molecule has 0 bridgehead atoms. The Bertz CT molecular complexity index is 1020. The van der Waals surface area contributed by atoms with Crippen molar-refractivity contribution in [3.8, 4) is 0 Å². The summed E-state index contributed by atoms with van der Waals surface area (Å²) in [5.41, 5.74) is 1.38. The van der Waals surface area contributed by atoms with Crippen molar-refractivity contribution in [3.05, 3.63) is 48.2 Å². The standard InChI is InChI=1S/C16H18F2N4O2S/c1-11-15(12-6-4-5-7-13(12)21(11)3)25(23,24)20(2)10-14-19-8-9-22(14)16(17)18/h4-9,16H,10H2,1-3H3. The summed E-state index contributed by atoms with van der Waals surface area (Å²) >= 11 is 0. The van der Waals surface area contributed by atoms with Crippen LogP contribution in [0.2, 0.25) is 0 Å². The van der Waals surface area contributed by atoms with Crippen LogP contribution < -0.4 is 0 Å². The summed E-state index contributed by atoms with van der Waals surface area (Å²) in [5.74, 6) is -0.0148. The van der Waals surface area contributed by atoms with Gasteiger partial charge in [-0.2, -0.15) is 13.1 Å². The lowest BCUT2D eigenvalue weighted by Crippen LogP contribution is -2.28. The van der Waals surface area contributed by atoms with Crippen molar-refractivity contribution in [2.45, 2.75) is 24.9 Å². The molecule has 0 saturated carbocycles. The molecule has 9 heteroatoms. The lowest BCUT2D eigenvalue weighted by molar-refractivity contribution is 0.0658. The molecule has 3 aromatic rings. The molecule has 134 valence electrons. The summed E-state index contributed by atoms with van der Waals surface area (Å²) in [5, 5.41) is 0.603. The Hall–Kier alpha value is -2.26. The number of halogens is 2. The molecule has 0 spiro atoms. The van der Waals surface area contributed by atoms with Gasteiger partial charge in [0.05, 0.1) is 6.54 Å². The second kappa shape index (κ2) is 6.23. The van der Waals surface area contributed by atoms with Gasteiger partial charge in [-0.15, -0.1) is 0 Å². The van der Waals surface area contributed by atoms with Gasteiger partial charge < -0.3 is 4.57 Å². The van der Waals surface area contributed by atoms with Crippen LogP contribution >= 0.6 is 0 Å². The van der Waals surface area contributed by atoms with E-state index in [9.17, 15) is 17.2 Å². The highest BCUT2D eigenvalue weighted by Gasteiger charge is 2.29. The van der Waals surface area contributed by atoms with Crippen LogP contribution in [-0.2, 0) is 23.6 Å². The van der Waals surface area contributed by atoms with Gasteiger partial charge in [0.25, 0.3) is 0 Å². The topological polar surface area (TPSA) is 60.1 Å². The molecule has 0 aliphatic rings. The largest absolute Gasteiger partial charge is 0.347 e. The van der Waals surface area contributed by atoms with E-state index in [0.717, 1.165) is 16.0 Å². The summed E-state index contributed by atoms with van der Waals surface area (Å²) in [6, 6.07) is 7.18. The molecule has 0 amide bonds. The fraction of sp³-hybridized carbons (Fsp3) is 0.312. The Labute approximate surface area is 144 Å². The first-order valence-corrected chi connectivity index (χ1v) is 8.99. The Morgan fingerprint density at radius 3 is 2.64 bits per heavy atom. The third kappa shape index (κ3) is 2.83. The molecule has 6 nitrogen and oxygen atoms in total. The van der Waals surface area contributed by atoms with Crippen molar-refractivity contribution >= 4 is 20.9 Å². The average molecular weight is 368 g/mol. The Kier molecular flexibility index (Phi) is 4.38. The lowest BCUT2D eigenvalue weighted by Gasteiger charge is -2.18. The Morgan fingerprint density at radius 1 is 1.28 bits per heavy atom. The quantitative estimate of drug-likeness (QED) is 0.696. The summed E-state index contributed by atoms with van der Waals surface area (Å²) < 4.78 is 55.6. The average Bonchev–Trinajstić information content (AvgIpc) is 3.12. The smallest absolute Gasteiger partial charge is 0.319 e. The highest BCUT2D eigenvalue weighted by Crippen LogP contribution is 2.31. The molecular formula is C16H18F2N4O2S. The number of sulfonamides is 1. The predicted molar refractivity (Wildman–Crippen MR) is 89.8 cm³/mol. The maximum atomic E-state index is 13.1. The van der Waals surface area contributed by atoms with Crippen LogP contribution in [0.4, 0.5) is 8.78 Å². The van der Waals surface area contributed by atoms with Gasteiger partial charge in [-0.25, -0.2) is 13.4 Å². The van der Waals surface area contributed by atoms with Crippen LogP contribution in [0, 0.1) is 6.92 Å². The zero-order valence-electron chi connectivity index (χ0n) is 14.0. The molecule has 1 aromatic carbocycles. The SMILES string of the molecule is Cc1c(S(=O)(=O)N(C)Cc2nccn2C(F)F)c2ccccc2n1C. The van der Waals surface area contributed by atoms with Crippen LogP contribution in [0.1, 0.15) is 18.1 Å². The lowest BCUT2D eigenvalue weighted by atomic mass is 10.2. The summed E-state index contributed by atoms with van der Waals surface area (Å²) in [6.45, 7) is -1.30. The molecule has 0 N–H and O–H groups in total. The first-order valence-electron chi connectivity index (χ1n) is 7.55. The first kappa shape index (κ1) is 17.6. The minimum Gasteiger partial charge on any atom is -0.347 e. The van der Waals surface area contributed by atoms with Gasteiger partial charge in [-0.3, -0.25) is 4.57 Å². The minimum atomic E-state index is -3.88. The van der Waals surface area contributed by atoms with Gasteiger partial charge in [-0.05, 0) is 13.0 Å². The zero-order chi connectivity index (χ0) is 18.4. The highest BCUT2D eigenvalue weighted by atomic mass is 32.2. The van der Waals surface area contributed by atoms with Gasteiger partial charge in [0.15, 0.2) is 0 Å². The number of para-hydroxylation sites is 1. The summed E-state index contributed by atoms with van der Waals surface area (Å²) in [4.78, 5) is 4.03. The number of hydrogen-bond acceptors (Lipinski definition) is 3. The number of aryl methyl sites for hydroxylation is 1. The van der Waals surface area contributed by atoms with E-state index in [1.54, 1.807) is 30.7 Å². The summed E-state index contributed by atoms with van der Waals surface area (Å²) in [7, 11) is -0.726. The van der Waals surface area contributed by atoms with Crippen molar-refractivity contribution in [1.29, 1.82) is 0 Å². The maximum absolute atomic E-state index is 13.1. The van der Waals surface area contributed by atoms with E-state index in [4.69, 9.17) is 0 Å². The molecule has 2 heterocycles. The Balaban J connectivity index is 2.05. The molecule has 2 aromatic heterocycles. The number of rotatable bonds is 5. The van der Waals surface area contributed by atoms with E-state index in [2.05, 4.69) is 4.98 Å². The molecule has 0 saturated heterocycles. The van der Waals surface area contributed by atoms with Crippen molar-refractivity contribution in [1.82, 2.24) is 18.4 Å². The number of hydrogen-bond donors (Lipinski definition) is 0. The van der Waals surface area contributed by atoms with Gasteiger partial charge in [0.1, 0.15) is 10.7 Å². The van der Waals surface area contributed by atoms with Gasteiger partial charge in [-0.1, -0.05) is 18.2 Å². The van der Waals surface area contributed by atoms with Gasteiger partial charge >= 0.3 is 6.55 Å². The zero-order valence-corrected chi connectivity index (χ0v) is 14.8. The number of aromatic nitrogens is 3. The first-order chi connectivity index (χ1) is 11.7. The second-order valence-corrected chi connectivity index (χ2v) is 7.76. The predicted octanol–water partition coefficient (Wildman–Crippen LogP) is 2.90. The number of imidazole rings is 1. The van der Waals surface area contributed by atoms with Crippen LogP contribution in [0.3, 0.4) is 0 Å². The van der Waals surface area contributed by atoms with Crippen LogP contribution in [0.15, 0.2) is 41.6 Å². The van der Waals surface area contributed by atoms with E-state index >= 15 is 0 Å². The summed E-state index contributed by atoms with van der Waals surface area (Å²) in [6.07, 6.45) is 2.36. The maximum Gasteiger partial charge on any atom is 0.319 e. The van der Waals surface area contributed by atoms with Crippen LogP contribution in [0.25, 0.3) is 10.9 Å². The number of fused-ring (bicyclic) bond motifs is 1. The fourth-order valence-corrected chi connectivity index (χ4v) is 4.45. The monoisotopic (exact) mass is 368 g/mol. The molecule has 0 radical (unpaired) electrons. The third-order valence-electron chi connectivity index (χ3n) is 4.33. The normalized spacial score (nSPS) is 12.6. The van der Waals surface area contributed by atoms with E-state index < -0.39 is 16.6 Å². The van der Waals surface area contributed by atoms with Crippen LogP contribution in [0.5, 0.6) is 0 Å². The van der Waals surface area contributed by atoms with Crippen molar-refractivity contribution in [3.63, 3.8) is 0 Å². The molecule has 0 fully saturated rings. The minimum absolute atomic E-state index is 0.0148. The van der Waals surface area contributed by atoms with Crippen molar-refractivity contribution in [2.24, 2.45) is 7.05 Å². The van der Waals surface area contributed by atoms with E-state index in [1.165, 1.54) is 13.2 Å². The number of nitrogens with zero attached hydrogens (tertiary/aromatic N) is 4. The molecule has 3 rings (SSSR count). The van der Waals surface area contributed by atoms with E-state index in [1.807, 2.05) is 12.1 Å². The van der Waals surface area contributed by atoms with Crippen molar-refractivity contribution in [2.75, 3.05) is 7.05 Å². The van der Waals surface area contributed by atoms with E-state index in [0.29, 0.717) is 15.6 Å². The van der Waals surface area contributed by atoms with Gasteiger partial charge in [0, 0.05) is 43.1 Å². The van der Waals surface area contributed by atoms with Gasteiger partial charge in [0.2, 0.25) is 10.0 Å². The molecule has 0 aliphatic carbocycles. The third-order valence-corrected chi connectivity index (χ3v) is 6.31. The van der Waals surface area contributed by atoms with Crippen molar-refractivity contribution < 1.29 is 17.2 Å². The molecule has 0 atom stereocenters. The fourth-order valence-electron chi connectivity index (χ4n) is 2.90. The van der Waals surface area contributed by atoms with Crippen LogP contribution in [-0.4, -0.2) is 33.9 Å².